The van der Waals surface area contributed by atoms with Gasteiger partial charge < -0.3 is 19.9 Å². The summed E-state index contributed by atoms with van der Waals surface area (Å²) in [5, 5.41) is 11.6. The third kappa shape index (κ3) is 4.81. The molecule has 1 saturated heterocycles. The first-order valence-corrected chi connectivity index (χ1v) is 5.60. The number of amides is 1. The van der Waals surface area contributed by atoms with Gasteiger partial charge >= 0.3 is 6.09 Å². The lowest BCUT2D eigenvalue weighted by atomic mass is 10.1. The van der Waals surface area contributed by atoms with Crippen molar-refractivity contribution < 1.29 is 19.4 Å². The van der Waals surface area contributed by atoms with E-state index in [-0.39, 0.29) is 18.6 Å². The van der Waals surface area contributed by atoms with Crippen LogP contribution in [0.1, 0.15) is 27.2 Å². The molecule has 2 N–H and O–H groups in total. The number of rotatable bonds is 3. The largest absolute Gasteiger partial charge is 0.444 e. The second-order valence-electron chi connectivity index (χ2n) is 5.12. The van der Waals surface area contributed by atoms with Crippen LogP contribution in [0.5, 0.6) is 0 Å². The van der Waals surface area contributed by atoms with Gasteiger partial charge in [0, 0.05) is 19.1 Å². The van der Waals surface area contributed by atoms with Gasteiger partial charge in [-0.25, -0.2) is 4.79 Å². The van der Waals surface area contributed by atoms with E-state index in [1.807, 2.05) is 20.8 Å². The molecule has 2 unspecified atom stereocenters. The van der Waals surface area contributed by atoms with Crippen LogP contribution in [0.4, 0.5) is 4.79 Å². The standard InChI is InChI=1S/C11H21NO4/c1-11(2,3)16-10(14)12-5-9-4-8(6-13)7-15-9/h8-9,13H,4-7H2,1-3H3,(H,12,14). The van der Waals surface area contributed by atoms with Crippen molar-refractivity contribution in [2.75, 3.05) is 19.8 Å². The molecule has 1 aliphatic rings. The summed E-state index contributed by atoms with van der Waals surface area (Å²) in [5.74, 6) is 0.199. The van der Waals surface area contributed by atoms with E-state index in [9.17, 15) is 4.79 Å². The van der Waals surface area contributed by atoms with Crippen molar-refractivity contribution in [2.24, 2.45) is 5.92 Å². The lowest BCUT2D eigenvalue weighted by Crippen LogP contribution is -2.36. The molecule has 0 spiro atoms. The van der Waals surface area contributed by atoms with Gasteiger partial charge in [-0.3, -0.25) is 0 Å². The molecule has 1 fully saturated rings. The molecular weight excluding hydrogens is 210 g/mol. The molecule has 0 aromatic carbocycles. The highest BCUT2D eigenvalue weighted by molar-refractivity contribution is 5.67. The molecule has 2 atom stereocenters. The fourth-order valence-corrected chi connectivity index (χ4v) is 1.56. The number of nitrogens with one attached hydrogen (secondary N) is 1. The van der Waals surface area contributed by atoms with Gasteiger partial charge in [-0.2, -0.15) is 0 Å². The van der Waals surface area contributed by atoms with Gasteiger partial charge in [0.2, 0.25) is 0 Å². The van der Waals surface area contributed by atoms with E-state index in [1.165, 1.54) is 0 Å². The van der Waals surface area contributed by atoms with Crippen LogP contribution in [-0.4, -0.2) is 42.7 Å². The molecule has 5 heteroatoms. The van der Waals surface area contributed by atoms with Crippen molar-refractivity contribution >= 4 is 6.09 Å². The Kier molecular flexibility index (Phi) is 4.56. The second kappa shape index (κ2) is 5.50. The Balaban J connectivity index is 2.18. The quantitative estimate of drug-likeness (QED) is 0.757. The maximum Gasteiger partial charge on any atom is 0.407 e. The van der Waals surface area contributed by atoms with Crippen molar-refractivity contribution in [2.45, 2.75) is 38.9 Å². The highest BCUT2D eigenvalue weighted by Gasteiger charge is 2.25. The lowest BCUT2D eigenvalue weighted by molar-refractivity contribution is 0.0466. The summed E-state index contributed by atoms with van der Waals surface area (Å²) in [4.78, 5) is 11.3. The van der Waals surface area contributed by atoms with Crippen LogP contribution in [0, 0.1) is 5.92 Å². The van der Waals surface area contributed by atoms with Gasteiger partial charge in [-0.1, -0.05) is 0 Å². The number of alkyl carbamates (subject to hydrolysis) is 1. The molecule has 0 aliphatic carbocycles. The highest BCUT2D eigenvalue weighted by atomic mass is 16.6. The average Bonchev–Trinajstić information content (AvgIpc) is 2.59. The zero-order chi connectivity index (χ0) is 12.2. The molecule has 1 aliphatic heterocycles. The molecule has 94 valence electrons. The number of hydrogen-bond donors (Lipinski definition) is 2. The molecule has 1 rings (SSSR count). The normalized spacial score (nSPS) is 25.5. The summed E-state index contributed by atoms with van der Waals surface area (Å²) in [7, 11) is 0. The average molecular weight is 231 g/mol. The molecule has 0 bridgehead atoms. The molecule has 0 aromatic rings. The van der Waals surface area contributed by atoms with E-state index >= 15 is 0 Å². The third-order valence-corrected chi connectivity index (χ3v) is 2.30. The zero-order valence-corrected chi connectivity index (χ0v) is 10.2. The molecular formula is C11H21NO4. The molecule has 1 amide bonds. The fourth-order valence-electron chi connectivity index (χ4n) is 1.56. The van der Waals surface area contributed by atoms with Crippen LogP contribution in [0.2, 0.25) is 0 Å². The van der Waals surface area contributed by atoms with E-state index in [0.717, 1.165) is 6.42 Å². The summed E-state index contributed by atoms with van der Waals surface area (Å²) in [6.07, 6.45) is 0.347. The summed E-state index contributed by atoms with van der Waals surface area (Å²) < 4.78 is 10.5. The highest BCUT2D eigenvalue weighted by Crippen LogP contribution is 2.18. The van der Waals surface area contributed by atoms with Gasteiger partial charge in [-0.15, -0.1) is 0 Å². The first-order chi connectivity index (χ1) is 7.40. The second-order valence-corrected chi connectivity index (χ2v) is 5.12. The van der Waals surface area contributed by atoms with Crippen LogP contribution in [0.3, 0.4) is 0 Å². The Morgan fingerprint density at radius 3 is 2.75 bits per heavy atom. The summed E-state index contributed by atoms with van der Waals surface area (Å²) in [6.45, 7) is 6.60. The first-order valence-electron chi connectivity index (χ1n) is 5.60. The van der Waals surface area contributed by atoms with Crippen molar-refractivity contribution in [3.05, 3.63) is 0 Å². The summed E-state index contributed by atoms with van der Waals surface area (Å²) >= 11 is 0. The topological polar surface area (TPSA) is 67.8 Å². The molecule has 0 radical (unpaired) electrons. The van der Waals surface area contributed by atoms with E-state index in [1.54, 1.807) is 0 Å². The Morgan fingerprint density at radius 2 is 2.25 bits per heavy atom. The van der Waals surface area contributed by atoms with E-state index in [4.69, 9.17) is 14.6 Å². The fraction of sp³-hybridized carbons (Fsp3) is 0.909. The van der Waals surface area contributed by atoms with E-state index in [2.05, 4.69) is 5.32 Å². The van der Waals surface area contributed by atoms with Gasteiger partial charge in [0.1, 0.15) is 5.60 Å². The molecule has 16 heavy (non-hydrogen) atoms. The predicted molar refractivity (Wildman–Crippen MR) is 59.2 cm³/mol. The van der Waals surface area contributed by atoms with Crippen LogP contribution in [0.15, 0.2) is 0 Å². The molecule has 1 heterocycles. The zero-order valence-electron chi connectivity index (χ0n) is 10.2. The SMILES string of the molecule is CC(C)(C)OC(=O)NCC1CC(CO)CO1. The van der Waals surface area contributed by atoms with Gasteiger partial charge in [0.05, 0.1) is 12.7 Å². The lowest BCUT2D eigenvalue weighted by Gasteiger charge is -2.20. The van der Waals surface area contributed by atoms with Crippen molar-refractivity contribution in [3.8, 4) is 0 Å². The summed E-state index contributed by atoms with van der Waals surface area (Å²) in [6, 6.07) is 0. The summed E-state index contributed by atoms with van der Waals surface area (Å²) in [5.41, 5.74) is -0.478. The van der Waals surface area contributed by atoms with E-state index in [0.29, 0.717) is 13.2 Å². The number of ether oxygens (including phenoxy) is 2. The van der Waals surface area contributed by atoms with Crippen LogP contribution >= 0.6 is 0 Å². The maximum atomic E-state index is 11.3. The number of carbonyl (C=O) groups is 1. The Labute approximate surface area is 96.1 Å². The minimum Gasteiger partial charge on any atom is -0.444 e. The third-order valence-electron chi connectivity index (χ3n) is 2.30. The van der Waals surface area contributed by atoms with E-state index < -0.39 is 11.7 Å². The van der Waals surface area contributed by atoms with Crippen LogP contribution < -0.4 is 5.32 Å². The molecule has 0 aromatic heterocycles. The number of aliphatic hydroxyl groups excluding tert-OH is 1. The smallest absolute Gasteiger partial charge is 0.407 e. The van der Waals surface area contributed by atoms with Gasteiger partial charge in [-0.05, 0) is 27.2 Å². The Bertz CT molecular complexity index is 237. The number of carbonyl (C=O) groups excluding carboxylic acids is 1. The molecule has 5 nitrogen and oxygen atoms in total. The molecule has 0 saturated carbocycles. The van der Waals surface area contributed by atoms with Gasteiger partial charge in [0.15, 0.2) is 0 Å². The van der Waals surface area contributed by atoms with Crippen LogP contribution in [-0.2, 0) is 9.47 Å². The number of hydrogen-bond acceptors (Lipinski definition) is 4. The Morgan fingerprint density at radius 1 is 1.56 bits per heavy atom. The minimum absolute atomic E-state index is 0.00957. The first kappa shape index (κ1) is 13.3. The predicted octanol–water partition coefficient (Wildman–Crippen LogP) is 0.908. The monoisotopic (exact) mass is 231 g/mol. The van der Waals surface area contributed by atoms with Crippen LogP contribution in [0.25, 0.3) is 0 Å². The van der Waals surface area contributed by atoms with Crippen molar-refractivity contribution in [3.63, 3.8) is 0 Å². The van der Waals surface area contributed by atoms with Gasteiger partial charge in [0.25, 0.3) is 0 Å². The maximum absolute atomic E-state index is 11.3. The Hall–Kier alpha value is -0.810. The number of aliphatic hydroxyl groups is 1. The minimum atomic E-state index is -0.478. The van der Waals surface area contributed by atoms with Crippen molar-refractivity contribution in [1.82, 2.24) is 5.32 Å². The van der Waals surface area contributed by atoms with Crippen molar-refractivity contribution in [1.29, 1.82) is 0 Å².